The molecule has 0 N–H and O–H groups in total. The lowest BCUT2D eigenvalue weighted by molar-refractivity contribution is -0.153. The molecule has 1 aliphatic rings. The first-order valence-corrected chi connectivity index (χ1v) is 6.66. The highest BCUT2D eigenvalue weighted by Gasteiger charge is 2.37. The highest BCUT2D eigenvalue weighted by Crippen LogP contribution is 2.35. The Hall–Kier alpha value is -1.64. The molecular formula is C17H18O2. The van der Waals surface area contributed by atoms with Gasteiger partial charge in [-0.3, -0.25) is 0 Å². The van der Waals surface area contributed by atoms with E-state index in [9.17, 15) is 0 Å². The van der Waals surface area contributed by atoms with Gasteiger partial charge in [0.15, 0.2) is 5.79 Å². The minimum absolute atomic E-state index is 0.0370. The first-order valence-electron chi connectivity index (χ1n) is 6.66. The van der Waals surface area contributed by atoms with Crippen LogP contribution >= 0.6 is 0 Å². The van der Waals surface area contributed by atoms with E-state index in [1.165, 1.54) is 11.1 Å². The molecule has 2 aromatic carbocycles. The summed E-state index contributed by atoms with van der Waals surface area (Å²) in [7, 11) is 0. The molecular weight excluding hydrogens is 236 g/mol. The summed E-state index contributed by atoms with van der Waals surface area (Å²) >= 11 is 0. The van der Waals surface area contributed by atoms with Crippen LogP contribution in [-0.4, -0.2) is 12.4 Å². The lowest BCUT2D eigenvalue weighted by atomic mass is 10.1. The molecule has 1 fully saturated rings. The van der Waals surface area contributed by atoms with Crippen molar-refractivity contribution in [1.29, 1.82) is 0 Å². The second-order valence-electron chi connectivity index (χ2n) is 5.12. The molecule has 0 saturated carbocycles. The molecule has 2 unspecified atom stereocenters. The average Bonchev–Trinajstić information content (AvgIpc) is 2.83. The third-order valence-corrected chi connectivity index (χ3v) is 3.47. The number of hydrogen-bond donors (Lipinski definition) is 0. The van der Waals surface area contributed by atoms with E-state index in [0.29, 0.717) is 6.61 Å². The van der Waals surface area contributed by atoms with Gasteiger partial charge in [-0.15, -0.1) is 0 Å². The number of rotatable bonds is 3. The minimum Gasteiger partial charge on any atom is -0.347 e. The van der Waals surface area contributed by atoms with E-state index >= 15 is 0 Å². The van der Waals surface area contributed by atoms with Crippen LogP contribution in [0.5, 0.6) is 0 Å². The maximum atomic E-state index is 6.12. The van der Waals surface area contributed by atoms with Gasteiger partial charge in [-0.05, 0) is 18.1 Å². The van der Waals surface area contributed by atoms with Gasteiger partial charge in [0.2, 0.25) is 0 Å². The number of benzene rings is 2. The second kappa shape index (κ2) is 5.16. The molecule has 0 spiro atoms. The monoisotopic (exact) mass is 254 g/mol. The second-order valence-corrected chi connectivity index (χ2v) is 5.12. The molecule has 0 aliphatic carbocycles. The van der Waals surface area contributed by atoms with Crippen molar-refractivity contribution in [2.75, 3.05) is 6.61 Å². The van der Waals surface area contributed by atoms with Crippen molar-refractivity contribution >= 4 is 0 Å². The van der Waals surface area contributed by atoms with Crippen molar-refractivity contribution in [2.24, 2.45) is 0 Å². The van der Waals surface area contributed by atoms with Crippen molar-refractivity contribution in [3.05, 3.63) is 71.8 Å². The maximum absolute atomic E-state index is 6.12. The summed E-state index contributed by atoms with van der Waals surface area (Å²) in [6.45, 7) is 2.64. The standard InChI is InChI=1S/C17H18O2/c1-17(12-14-8-4-2-5-9-14)18-13-16(19-17)15-10-6-3-7-11-15/h2-11,16H,12-13H2,1H3. The van der Waals surface area contributed by atoms with E-state index < -0.39 is 5.79 Å². The Morgan fingerprint density at radius 1 is 1.00 bits per heavy atom. The SMILES string of the molecule is CC1(Cc2ccccc2)OCC(c2ccccc2)O1. The van der Waals surface area contributed by atoms with Crippen LogP contribution in [0.3, 0.4) is 0 Å². The van der Waals surface area contributed by atoms with Crippen LogP contribution in [0.4, 0.5) is 0 Å². The van der Waals surface area contributed by atoms with E-state index in [1.54, 1.807) is 0 Å². The zero-order valence-electron chi connectivity index (χ0n) is 11.1. The predicted octanol–water partition coefficient (Wildman–Crippen LogP) is 3.73. The zero-order chi connectivity index (χ0) is 13.1. The molecule has 2 aromatic rings. The number of hydrogen-bond acceptors (Lipinski definition) is 2. The van der Waals surface area contributed by atoms with Gasteiger partial charge < -0.3 is 9.47 Å². The fraction of sp³-hybridized carbons (Fsp3) is 0.294. The van der Waals surface area contributed by atoms with Gasteiger partial charge in [-0.2, -0.15) is 0 Å². The van der Waals surface area contributed by atoms with Crippen molar-refractivity contribution in [2.45, 2.75) is 25.2 Å². The van der Waals surface area contributed by atoms with Crippen molar-refractivity contribution < 1.29 is 9.47 Å². The quantitative estimate of drug-likeness (QED) is 0.830. The van der Waals surface area contributed by atoms with E-state index in [2.05, 4.69) is 24.3 Å². The van der Waals surface area contributed by atoms with E-state index in [0.717, 1.165) is 6.42 Å². The van der Waals surface area contributed by atoms with Gasteiger partial charge in [-0.25, -0.2) is 0 Å². The molecule has 19 heavy (non-hydrogen) atoms. The average molecular weight is 254 g/mol. The van der Waals surface area contributed by atoms with Crippen LogP contribution in [-0.2, 0) is 15.9 Å². The Morgan fingerprint density at radius 3 is 2.32 bits per heavy atom. The van der Waals surface area contributed by atoms with Crippen LogP contribution < -0.4 is 0 Å². The molecule has 98 valence electrons. The zero-order valence-corrected chi connectivity index (χ0v) is 11.1. The van der Waals surface area contributed by atoms with Gasteiger partial charge >= 0.3 is 0 Å². The molecule has 2 atom stereocenters. The summed E-state index contributed by atoms with van der Waals surface area (Å²) in [5, 5.41) is 0. The Labute approximate surface area is 114 Å². The third kappa shape index (κ3) is 2.86. The first kappa shape index (κ1) is 12.4. The molecule has 1 saturated heterocycles. The van der Waals surface area contributed by atoms with Crippen LogP contribution in [0, 0.1) is 0 Å². The molecule has 0 amide bonds. The van der Waals surface area contributed by atoms with Crippen molar-refractivity contribution in [3.63, 3.8) is 0 Å². The van der Waals surface area contributed by atoms with Gasteiger partial charge in [0, 0.05) is 6.42 Å². The highest BCUT2D eigenvalue weighted by atomic mass is 16.7. The lowest BCUT2D eigenvalue weighted by Crippen LogP contribution is -2.28. The molecule has 2 nitrogen and oxygen atoms in total. The number of ether oxygens (including phenoxy) is 2. The Bertz CT molecular complexity index is 523. The lowest BCUT2D eigenvalue weighted by Gasteiger charge is -2.23. The van der Waals surface area contributed by atoms with E-state index in [1.807, 2.05) is 43.3 Å². The molecule has 1 aliphatic heterocycles. The van der Waals surface area contributed by atoms with Gasteiger partial charge in [0.1, 0.15) is 6.10 Å². The summed E-state index contributed by atoms with van der Waals surface area (Å²) in [5.41, 5.74) is 2.41. The molecule has 0 radical (unpaired) electrons. The minimum atomic E-state index is -0.526. The molecule has 1 heterocycles. The molecule has 2 heteroatoms. The topological polar surface area (TPSA) is 18.5 Å². The van der Waals surface area contributed by atoms with Gasteiger partial charge in [0.25, 0.3) is 0 Å². The smallest absolute Gasteiger partial charge is 0.170 e. The first-order chi connectivity index (χ1) is 9.25. The van der Waals surface area contributed by atoms with Crippen LogP contribution in [0.1, 0.15) is 24.2 Å². The van der Waals surface area contributed by atoms with Gasteiger partial charge in [-0.1, -0.05) is 60.7 Å². The van der Waals surface area contributed by atoms with Crippen LogP contribution in [0.2, 0.25) is 0 Å². The van der Waals surface area contributed by atoms with E-state index in [-0.39, 0.29) is 6.10 Å². The fourth-order valence-electron chi connectivity index (χ4n) is 2.51. The fourth-order valence-corrected chi connectivity index (χ4v) is 2.51. The summed E-state index contributed by atoms with van der Waals surface area (Å²) < 4.78 is 12.0. The third-order valence-electron chi connectivity index (χ3n) is 3.47. The normalized spacial score (nSPS) is 26.5. The Balaban J connectivity index is 1.71. The highest BCUT2D eigenvalue weighted by molar-refractivity contribution is 5.20. The maximum Gasteiger partial charge on any atom is 0.170 e. The largest absolute Gasteiger partial charge is 0.347 e. The summed E-state index contributed by atoms with van der Waals surface area (Å²) in [4.78, 5) is 0. The summed E-state index contributed by atoms with van der Waals surface area (Å²) in [5.74, 6) is -0.526. The molecule has 3 rings (SSSR count). The molecule has 0 aromatic heterocycles. The predicted molar refractivity (Wildman–Crippen MR) is 74.8 cm³/mol. The molecule has 0 bridgehead atoms. The Morgan fingerprint density at radius 2 is 1.63 bits per heavy atom. The van der Waals surface area contributed by atoms with Crippen LogP contribution in [0.15, 0.2) is 60.7 Å². The van der Waals surface area contributed by atoms with Crippen LogP contribution in [0.25, 0.3) is 0 Å². The van der Waals surface area contributed by atoms with Crippen molar-refractivity contribution in [3.8, 4) is 0 Å². The van der Waals surface area contributed by atoms with Crippen molar-refractivity contribution in [1.82, 2.24) is 0 Å². The van der Waals surface area contributed by atoms with E-state index in [4.69, 9.17) is 9.47 Å². The Kier molecular flexibility index (Phi) is 3.36. The summed E-state index contributed by atoms with van der Waals surface area (Å²) in [6, 6.07) is 20.6. The van der Waals surface area contributed by atoms with Gasteiger partial charge in [0.05, 0.1) is 6.61 Å². The summed E-state index contributed by atoms with van der Waals surface area (Å²) in [6.07, 6.45) is 0.812.